The van der Waals surface area contributed by atoms with E-state index < -0.39 is 15.8 Å². The summed E-state index contributed by atoms with van der Waals surface area (Å²) in [5.41, 5.74) is 0.240. The highest BCUT2D eigenvalue weighted by Crippen LogP contribution is 2.20. The largest absolute Gasteiger partial charge is 0.336 e. The minimum absolute atomic E-state index is 0.00959. The van der Waals surface area contributed by atoms with Gasteiger partial charge in [0, 0.05) is 5.02 Å². The molecule has 0 amide bonds. The van der Waals surface area contributed by atoms with E-state index in [1.807, 2.05) is 0 Å². The van der Waals surface area contributed by atoms with E-state index >= 15 is 0 Å². The fraction of sp³-hybridized carbons (Fsp3) is 0. The van der Waals surface area contributed by atoms with E-state index in [1.54, 1.807) is 24.3 Å². The number of hydrogen-bond acceptors (Lipinski definition) is 5. The fourth-order valence-corrected chi connectivity index (χ4v) is 3.28. The summed E-state index contributed by atoms with van der Waals surface area (Å²) in [7, 11) is -3.83. The summed E-state index contributed by atoms with van der Waals surface area (Å²) >= 11 is 5.81. The maximum Gasteiger partial charge on any atom is 0.263 e. The molecule has 0 fully saturated rings. The molecule has 9 heteroatoms. The van der Waals surface area contributed by atoms with Crippen molar-refractivity contribution >= 4 is 38.9 Å². The minimum Gasteiger partial charge on any atom is -0.336 e. The zero-order valence-electron chi connectivity index (χ0n) is 12.6. The highest BCUT2D eigenvalue weighted by molar-refractivity contribution is 7.92. The molecule has 1 heterocycles. The number of para-hydroxylation sites is 1. The Balaban J connectivity index is 1.75. The zero-order valence-corrected chi connectivity index (χ0v) is 14.2. The molecule has 1 aromatic heterocycles. The third kappa shape index (κ3) is 4.23. The summed E-state index contributed by atoms with van der Waals surface area (Å²) in [4.78, 5) is 0.00959. The van der Waals surface area contributed by atoms with Gasteiger partial charge in [-0.25, -0.2) is 12.8 Å². The van der Waals surface area contributed by atoms with E-state index in [1.165, 1.54) is 36.4 Å². The number of benzene rings is 2. The molecule has 6 nitrogen and oxygen atoms in total. The monoisotopic (exact) mass is 378 g/mol. The second-order valence-corrected chi connectivity index (χ2v) is 7.09. The molecule has 0 saturated carbocycles. The van der Waals surface area contributed by atoms with Crippen LogP contribution in [0.25, 0.3) is 0 Å². The van der Waals surface area contributed by atoms with Gasteiger partial charge >= 0.3 is 0 Å². The number of nitrogens with zero attached hydrogens (tertiary/aromatic N) is 2. The quantitative estimate of drug-likeness (QED) is 0.705. The van der Waals surface area contributed by atoms with Crippen LogP contribution in [0.3, 0.4) is 0 Å². The van der Waals surface area contributed by atoms with Crippen LogP contribution in [0.1, 0.15) is 0 Å². The number of sulfonamides is 1. The molecule has 3 aromatic rings. The van der Waals surface area contributed by atoms with Gasteiger partial charge in [-0.15, -0.1) is 10.2 Å². The molecular weight excluding hydrogens is 367 g/mol. The van der Waals surface area contributed by atoms with Gasteiger partial charge in [0.25, 0.3) is 10.0 Å². The first-order valence-electron chi connectivity index (χ1n) is 7.08. The second-order valence-electron chi connectivity index (χ2n) is 4.97. The second kappa shape index (κ2) is 7.04. The van der Waals surface area contributed by atoms with Crippen LogP contribution in [0, 0.1) is 5.82 Å². The molecule has 3 rings (SSSR count). The number of nitrogens with one attached hydrogen (secondary N) is 2. The summed E-state index contributed by atoms with van der Waals surface area (Å²) in [6.07, 6.45) is 0. The third-order valence-electron chi connectivity index (χ3n) is 3.15. The van der Waals surface area contributed by atoms with Crippen molar-refractivity contribution in [1.29, 1.82) is 0 Å². The van der Waals surface area contributed by atoms with E-state index in [2.05, 4.69) is 20.2 Å². The molecular formula is C16H12ClFN4O2S. The standard InChI is InChI=1S/C16H12ClFN4O2S/c17-11-4-3-5-12(10-11)25(23,24)22-16-9-8-15(20-21-16)19-14-7-2-1-6-13(14)18/h1-10H,(H,19,20)(H,21,22). The van der Waals surface area contributed by atoms with Gasteiger partial charge in [0.2, 0.25) is 0 Å². The Morgan fingerprint density at radius 3 is 2.32 bits per heavy atom. The average molecular weight is 379 g/mol. The van der Waals surface area contributed by atoms with Crippen LogP contribution < -0.4 is 10.0 Å². The van der Waals surface area contributed by atoms with Gasteiger partial charge in [-0.1, -0.05) is 29.8 Å². The van der Waals surface area contributed by atoms with Crippen molar-refractivity contribution in [3.8, 4) is 0 Å². The molecule has 0 aliphatic carbocycles. The molecule has 25 heavy (non-hydrogen) atoms. The number of rotatable bonds is 5. The van der Waals surface area contributed by atoms with Crippen LogP contribution >= 0.6 is 11.6 Å². The number of anilines is 3. The highest BCUT2D eigenvalue weighted by Gasteiger charge is 2.15. The summed E-state index contributed by atoms with van der Waals surface area (Å²) in [5.74, 6) is -0.134. The van der Waals surface area contributed by atoms with E-state index in [0.29, 0.717) is 5.02 Å². The first-order chi connectivity index (χ1) is 11.9. The molecule has 0 bridgehead atoms. The van der Waals surface area contributed by atoms with Gasteiger partial charge in [-0.3, -0.25) is 4.72 Å². The van der Waals surface area contributed by atoms with Crippen LogP contribution in [0.2, 0.25) is 5.02 Å². The van der Waals surface area contributed by atoms with Gasteiger partial charge in [-0.05, 0) is 42.5 Å². The third-order valence-corrected chi connectivity index (χ3v) is 4.73. The molecule has 128 valence electrons. The van der Waals surface area contributed by atoms with E-state index in [0.717, 1.165) is 0 Å². The Morgan fingerprint density at radius 1 is 0.920 bits per heavy atom. The summed E-state index contributed by atoms with van der Waals surface area (Å²) in [6.45, 7) is 0. The number of aromatic nitrogens is 2. The van der Waals surface area contributed by atoms with E-state index in [4.69, 9.17) is 11.6 Å². The lowest BCUT2D eigenvalue weighted by Crippen LogP contribution is -2.14. The minimum atomic E-state index is -3.83. The fourth-order valence-electron chi connectivity index (χ4n) is 1.98. The molecule has 0 radical (unpaired) electrons. The van der Waals surface area contributed by atoms with Crippen LogP contribution in [-0.4, -0.2) is 18.6 Å². The normalized spacial score (nSPS) is 11.1. The SMILES string of the molecule is O=S(=O)(Nc1ccc(Nc2ccccc2F)nn1)c1cccc(Cl)c1. The maximum absolute atomic E-state index is 13.6. The molecule has 2 N–H and O–H groups in total. The Bertz CT molecular complexity index is 997. The van der Waals surface area contributed by atoms with Crippen molar-refractivity contribution < 1.29 is 12.8 Å². The predicted octanol–water partition coefficient (Wildman–Crippen LogP) is 3.81. The van der Waals surface area contributed by atoms with Crippen LogP contribution in [0.4, 0.5) is 21.7 Å². The molecule has 0 spiro atoms. The van der Waals surface area contributed by atoms with Gasteiger partial charge in [0.15, 0.2) is 11.6 Å². The van der Waals surface area contributed by atoms with E-state index in [9.17, 15) is 12.8 Å². The smallest absolute Gasteiger partial charge is 0.263 e. The molecule has 2 aromatic carbocycles. The van der Waals surface area contributed by atoms with Crippen molar-refractivity contribution in [2.45, 2.75) is 4.90 Å². The Hall–Kier alpha value is -2.71. The van der Waals surface area contributed by atoms with Crippen LogP contribution in [0.15, 0.2) is 65.6 Å². The van der Waals surface area contributed by atoms with Crippen LogP contribution in [-0.2, 0) is 10.0 Å². The first kappa shape index (κ1) is 17.1. The number of hydrogen-bond donors (Lipinski definition) is 2. The summed E-state index contributed by atoms with van der Waals surface area (Å²) in [5, 5.41) is 10.7. The van der Waals surface area contributed by atoms with Crippen molar-refractivity contribution in [3.05, 3.63) is 71.5 Å². The highest BCUT2D eigenvalue weighted by atomic mass is 35.5. The van der Waals surface area contributed by atoms with Crippen molar-refractivity contribution in [1.82, 2.24) is 10.2 Å². The van der Waals surface area contributed by atoms with Gasteiger partial charge in [-0.2, -0.15) is 0 Å². The molecule has 0 aliphatic rings. The van der Waals surface area contributed by atoms with Gasteiger partial charge in [0.05, 0.1) is 10.6 Å². The van der Waals surface area contributed by atoms with Crippen molar-refractivity contribution in [2.24, 2.45) is 0 Å². The molecule has 0 aliphatic heterocycles. The van der Waals surface area contributed by atoms with Gasteiger partial charge in [0.1, 0.15) is 5.82 Å². The van der Waals surface area contributed by atoms with Gasteiger partial charge < -0.3 is 5.32 Å². The zero-order chi connectivity index (χ0) is 17.9. The first-order valence-corrected chi connectivity index (χ1v) is 8.94. The average Bonchev–Trinajstić information content (AvgIpc) is 2.58. The Labute approximate surface area is 148 Å². The maximum atomic E-state index is 13.6. The lowest BCUT2D eigenvalue weighted by atomic mass is 10.3. The van der Waals surface area contributed by atoms with Crippen LogP contribution in [0.5, 0.6) is 0 Å². The Kier molecular flexibility index (Phi) is 4.82. The summed E-state index contributed by atoms with van der Waals surface area (Å²) < 4.78 is 40.4. The number of halogens is 2. The summed E-state index contributed by atoms with van der Waals surface area (Å²) in [6, 6.07) is 14.8. The van der Waals surface area contributed by atoms with E-state index in [-0.39, 0.29) is 22.2 Å². The van der Waals surface area contributed by atoms with Crippen molar-refractivity contribution in [2.75, 3.05) is 10.0 Å². The molecule has 0 atom stereocenters. The topological polar surface area (TPSA) is 84.0 Å². The lowest BCUT2D eigenvalue weighted by molar-refractivity contribution is 0.601. The molecule has 0 unspecified atom stereocenters. The predicted molar refractivity (Wildman–Crippen MR) is 94.0 cm³/mol. The lowest BCUT2D eigenvalue weighted by Gasteiger charge is -2.09. The van der Waals surface area contributed by atoms with Crippen molar-refractivity contribution in [3.63, 3.8) is 0 Å². The Morgan fingerprint density at radius 2 is 1.64 bits per heavy atom. The molecule has 0 saturated heterocycles.